The summed E-state index contributed by atoms with van der Waals surface area (Å²) in [5, 5.41) is 2.80. The summed E-state index contributed by atoms with van der Waals surface area (Å²) in [5.41, 5.74) is 3.00. The largest absolute Gasteiger partial charge is 0.497 e. The smallest absolute Gasteiger partial charge is 0.255 e. The normalized spacial score (nSPS) is 15.3. The molecule has 0 aromatic heterocycles. The van der Waals surface area contributed by atoms with Gasteiger partial charge in [0.25, 0.3) is 5.91 Å². The van der Waals surface area contributed by atoms with Crippen LogP contribution in [0.3, 0.4) is 0 Å². The van der Waals surface area contributed by atoms with Crippen LogP contribution in [0.2, 0.25) is 0 Å². The molecule has 0 saturated carbocycles. The molecule has 1 heterocycles. The number of hydrogen-bond acceptors (Lipinski definition) is 5. The monoisotopic (exact) mass is 476 g/mol. The Morgan fingerprint density at radius 1 is 1.06 bits per heavy atom. The lowest BCUT2D eigenvalue weighted by atomic mass is 10.1. The van der Waals surface area contributed by atoms with Gasteiger partial charge in [-0.25, -0.2) is 0 Å². The van der Waals surface area contributed by atoms with E-state index in [1.54, 1.807) is 35.9 Å². The summed E-state index contributed by atoms with van der Waals surface area (Å²) in [6.45, 7) is 2.79. The van der Waals surface area contributed by atoms with Gasteiger partial charge in [-0.15, -0.1) is 11.8 Å². The Morgan fingerprint density at radius 3 is 2.50 bits per heavy atom. The molecule has 3 aromatic rings. The van der Waals surface area contributed by atoms with Crippen molar-refractivity contribution < 1.29 is 19.1 Å². The second kappa shape index (κ2) is 11.1. The average Bonchev–Trinajstić information content (AvgIpc) is 3.26. The molecule has 0 unspecified atom stereocenters. The number of thioether (sulfide) groups is 1. The van der Waals surface area contributed by atoms with Gasteiger partial charge in [-0.1, -0.05) is 25.5 Å². The first-order chi connectivity index (χ1) is 16.6. The maximum atomic E-state index is 12.8. The fraction of sp³-hybridized carbons (Fsp3) is 0.259. The van der Waals surface area contributed by atoms with E-state index >= 15 is 0 Å². The Bertz CT molecular complexity index is 1130. The van der Waals surface area contributed by atoms with Gasteiger partial charge >= 0.3 is 0 Å². The third kappa shape index (κ3) is 5.54. The van der Waals surface area contributed by atoms with Crippen molar-refractivity contribution in [2.75, 3.05) is 29.7 Å². The lowest BCUT2D eigenvalue weighted by Gasteiger charge is -2.25. The maximum Gasteiger partial charge on any atom is 0.255 e. The number of methoxy groups -OCH3 is 1. The van der Waals surface area contributed by atoms with Gasteiger partial charge in [0.05, 0.1) is 19.5 Å². The maximum absolute atomic E-state index is 12.8. The van der Waals surface area contributed by atoms with Gasteiger partial charge < -0.3 is 14.8 Å². The van der Waals surface area contributed by atoms with E-state index in [4.69, 9.17) is 9.47 Å². The number of carbonyl (C=O) groups is 2. The molecule has 1 saturated heterocycles. The topological polar surface area (TPSA) is 67.9 Å². The molecule has 1 fully saturated rings. The summed E-state index contributed by atoms with van der Waals surface area (Å²) < 4.78 is 10.9. The first-order valence-electron chi connectivity index (χ1n) is 11.3. The summed E-state index contributed by atoms with van der Waals surface area (Å²) in [7, 11) is 1.62. The minimum absolute atomic E-state index is 0.0517. The Kier molecular flexibility index (Phi) is 7.75. The van der Waals surface area contributed by atoms with Crippen molar-refractivity contribution in [1.29, 1.82) is 0 Å². The van der Waals surface area contributed by atoms with E-state index in [0.717, 1.165) is 35.6 Å². The van der Waals surface area contributed by atoms with Gasteiger partial charge in [0.1, 0.15) is 16.9 Å². The fourth-order valence-corrected chi connectivity index (χ4v) is 4.87. The Labute approximate surface area is 204 Å². The zero-order valence-corrected chi connectivity index (χ0v) is 20.1. The molecular formula is C27H28N2O4S. The minimum atomic E-state index is -0.195. The van der Waals surface area contributed by atoms with Crippen molar-refractivity contribution in [3.8, 4) is 11.5 Å². The zero-order valence-electron chi connectivity index (χ0n) is 19.3. The van der Waals surface area contributed by atoms with E-state index in [1.807, 2.05) is 60.7 Å². The van der Waals surface area contributed by atoms with E-state index < -0.39 is 0 Å². The number of amides is 2. The Morgan fingerprint density at radius 2 is 1.79 bits per heavy atom. The standard InChI is InChI=1S/C27H28N2O4S/c1-3-4-16-33-24-12-8-19(9-13-24)26(31)28-21-7-5-6-20(17-21)27-29(25(30)18-34-27)22-10-14-23(32-2)15-11-22/h5-15,17,27H,3-4,16,18H2,1-2H3,(H,28,31)/t27-/m1/s1. The fourth-order valence-electron chi connectivity index (χ4n) is 3.70. The quantitative estimate of drug-likeness (QED) is 0.389. The number of benzene rings is 3. The molecule has 6 nitrogen and oxygen atoms in total. The summed E-state index contributed by atoms with van der Waals surface area (Å²) in [6.07, 6.45) is 2.07. The van der Waals surface area contributed by atoms with E-state index in [9.17, 15) is 9.59 Å². The molecule has 0 radical (unpaired) electrons. The van der Waals surface area contributed by atoms with Crippen molar-refractivity contribution >= 4 is 35.0 Å². The van der Waals surface area contributed by atoms with E-state index in [-0.39, 0.29) is 17.2 Å². The van der Waals surface area contributed by atoms with Crippen LogP contribution in [0.4, 0.5) is 11.4 Å². The number of rotatable bonds is 9. The molecule has 0 bridgehead atoms. The average molecular weight is 477 g/mol. The van der Waals surface area contributed by atoms with Crippen molar-refractivity contribution in [3.05, 3.63) is 83.9 Å². The molecule has 1 atom stereocenters. The van der Waals surface area contributed by atoms with Crippen molar-refractivity contribution in [3.63, 3.8) is 0 Å². The molecule has 1 N–H and O–H groups in total. The second-order valence-corrected chi connectivity index (χ2v) is 9.00. The Hall–Kier alpha value is -3.45. The van der Waals surface area contributed by atoms with Crippen LogP contribution >= 0.6 is 11.8 Å². The third-order valence-corrected chi connectivity index (χ3v) is 6.74. The van der Waals surface area contributed by atoms with Gasteiger partial charge in [0.2, 0.25) is 5.91 Å². The van der Waals surface area contributed by atoms with Crippen molar-refractivity contribution in [2.45, 2.75) is 25.1 Å². The van der Waals surface area contributed by atoms with Gasteiger partial charge in [-0.05, 0) is 72.6 Å². The van der Waals surface area contributed by atoms with Gasteiger partial charge in [-0.2, -0.15) is 0 Å². The molecule has 3 aromatic carbocycles. The van der Waals surface area contributed by atoms with E-state index in [0.29, 0.717) is 23.6 Å². The van der Waals surface area contributed by atoms with Crippen LogP contribution in [-0.2, 0) is 4.79 Å². The first kappa shape index (κ1) is 23.7. The minimum Gasteiger partial charge on any atom is -0.497 e. The molecule has 1 aliphatic heterocycles. The molecular weight excluding hydrogens is 448 g/mol. The highest BCUT2D eigenvalue weighted by Gasteiger charge is 2.34. The van der Waals surface area contributed by atoms with Gasteiger partial charge in [0.15, 0.2) is 0 Å². The van der Waals surface area contributed by atoms with Crippen LogP contribution in [0.25, 0.3) is 0 Å². The number of carbonyl (C=O) groups excluding carboxylic acids is 2. The lowest BCUT2D eigenvalue weighted by Crippen LogP contribution is -2.27. The molecule has 176 valence electrons. The lowest BCUT2D eigenvalue weighted by molar-refractivity contribution is -0.115. The van der Waals surface area contributed by atoms with Crippen LogP contribution in [0, 0.1) is 0 Å². The number of unbranched alkanes of at least 4 members (excludes halogenated alkanes) is 1. The van der Waals surface area contributed by atoms with Gasteiger partial charge in [0, 0.05) is 16.9 Å². The number of hydrogen-bond donors (Lipinski definition) is 1. The predicted octanol–water partition coefficient (Wildman–Crippen LogP) is 5.91. The summed E-state index contributed by atoms with van der Waals surface area (Å²) in [6, 6.07) is 22.3. The van der Waals surface area contributed by atoms with Gasteiger partial charge in [-0.3, -0.25) is 14.5 Å². The summed E-state index contributed by atoms with van der Waals surface area (Å²) >= 11 is 1.57. The molecule has 34 heavy (non-hydrogen) atoms. The highest BCUT2D eigenvalue weighted by atomic mass is 32.2. The van der Waals surface area contributed by atoms with Crippen LogP contribution in [0.1, 0.15) is 41.1 Å². The zero-order chi connectivity index (χ0) is 23.9. The highest BCUT2D eigenvalue weighted by molar-refractivity contribution is 8.00. The van der Waals surface area contributed by atoms with Crippen LogP contribution in [0.15, 0.2) is 72.8 Å². The molecule has 4 rings (SSSR count). The number of ether oxygens (including phenoxy) is 2. The SMILES string of the molecule is CCCCOc1ccc(C(=O)Nc2cccc([C@H]3SCC(=O)N3c3ccc(OC)cc3)c2)cc1. The number of nitrogens with zero attached hydrogens (tertiary/aromatic N) is 1. The van der Waals surface area contributed by atoms with Crippen LogP contribution in [0.5, 0.6) is 11.5 Å². The van der Waals surface area contributed by atoms with Crippen molar-refractivity contribution in [1.82, 2.24) is 0 Å². The third-order valence-electron chi connectivity index (χ3n) is 5.53. The first-order valence-corrected chi connectivity index (χ1v) is 12.4. The number of nitrogens with one attached hydrogen (secondary N) is 1. The number of anilines is 2. The highest BCUT2D eigenvalue weighted by Crippen LogP contribution is 2.42. The predicted molar refractivity (Wildman–Crippen MR) is 137 cm³/mol. The molecule has 7 heteroatoms. The van der Waals surface area contributed by atoms with Crippen LogP contribution < -0.4 is 19.7 Å². The van der Waals surface area contributed by atoms with Crippen molar-refractivity contribution in [2.24, 2.45) is 0 Å². The van der Waals surface area contributed by atoms with E-state index in [1.165, 1.54) is 0 Å². The Balaban J connectivity index is 1.46. The second-order valence-electron chi connectivity index (χ2n) is 7.93. The molecule has 0 spiro atoms. The van der Waals surface area contributed by atoms with Crippen LogP contribution in [-0.4, -0.2) is 31.3 Å². The molecule has 2 amide bonds. The summed E-state index contributed by atoms with van der Waals surface area (Å²) in [5.74, 6) is 1.76. The summed E-state index contributed by atoms with van der Waals surface area (Å²) in [4.78, 5) is 27.2. The molecule has 0 aliphatic carbocycles. The molecule has 1 aliphatic rings. The van der Waals surface area contributed by atoms with E-state index in [2.05, 4.69) is 12.2 Å².